The molecule has 156 valence electrons. The number of rotatable bonds is 5. The molecule has 1 fully saturated rings. The highest BCUT2D eigenvalue weighted by molar-refractivity contribution is 6.46. The number of aromatic nitrogens is 2. The Morgan fingerprint density at radius 1 is 1.10 bits per heavy atom. The quantitative estimate of drug-likeness (QED) is 0.390. The molecule has 1 aromatic carbocycles. The van der Waals surface area contributed by atoms with E-state index in [4.69, 9.17) is 4.74 Å². The summed E-state index contributed by atoms with van der Waals surface area (Å²) in [6.45, 7) is 2.06. The molecule has 0 aliphatic carbocycles. The van der Waals surface area contributed by atoms with Gasteiger partial charge in [0.1, 0.15) is 11.5 Å². The topological polar surface area (TPSA) is 92.6 Å². The van der Waals surface area contributed by atoms with Gasteiger partial charge in [0.25, 0.3) is 11.7 Å². The first kappa shape index (κ1) is 20.3. The number of ether oxygens (including phenoxy) is 1. The second-order valence-corrected chi connectivity index (χ2v) is 7.27. The van der Waals surface area contributed by atoms with Crippen LogP contribution in [0.1, 0.15) is 28.3 Å². The summed E-state index contributed by atoms with van der Waals surface area (Å²) in [5.41, 5.74) is 2.70. The van der Waals surface area contributed by atoms with Gasteiger partial charge in [-0.1, -0.05) is 17.7 Å². The summed E-state index contributed by atoms with van der Waals surface area (Å²) >= 11 is 0. The highest BCUT2D eigenvalue weighted by Crippen LogP contribution is 2.41. The molecular formula is C24H21N3O4. The monoisotopic (exact) mass is 415 g/mol. The van der Waals surface area contributed by atoms with E-state index in [9.17, 15) is 14.7 Å². The third-order valence-corrected chi connectivity index (χ3v) is 5.25. The average molecular weight is 415 g/mol. The van der Waals surface area contributed by atoms with Crippen molar-refractivity contribution in [2.24, 2.45) is 0 Å². The summed E-state index contributed by atoms with van der Waals surface area (Å²) in [6, 6.07) is 11.6. The van der Waals surface area contributed by atoms with Crippen molar-refractivity contribution in [3.8, 4) is 5.75 Å². The van der Waals surface area contributed by atoms with Crippen molar-refractivity contribution in [2.75, 3.05) is 7.11 Å². The van der Waals surface area contributed by atoms with Gasteiger partial charge in [-0.25, -0.2) is 0 Å². The van der Waals surface area contributed by atoms with Crippen LogP contribution in [0.15, 0.2) is 72.8 Å². The number of nitrogens with zero attached hydrogens (tertiary/aromatic N) is 3. The van der Waals surface area contributed by atoms with Crippen molar-refractivity contribution in [3.05, 3.63) is 95.1 Å². The number of hydrogen-bond acceptors (Lipinski definition) is 6. The molecule has 7 heteroatoms. The number of aryl methyl sites for hydroxylation is 1. The van der Waals surface area contributed by atoms with Gasteiger partial charge in [-0.05, 0) is 48.4 Å². The standard InChI is InChI=1S/C24H21N3O4/c1-15-5-6-19(31-2)18(12-15)22(28)20-21(17-4-3-9-26-13-17)27(24(30)23(20)29)14-16-7-10-25-11-8-16/h3-13,21,28H,14H2,1-2H3/b22-20+. The van der Waals surface area contributed by atoms with Crippen molar-refractivity contribution in [2.45, 2.75) is 19.5 Å². The summed E-state index contributed by atoms with van der Waals surface area (Å²) < 4.78 is 5.38. The van der Waals surface area contributed by atoms with E-state index < -0.39 is 17.7 Å². The number of aliphatic hydroxyl groups excluding tert-OH is 1. The van der Waals surface area contributed by atoms with Gasteiger partial charge in [-0.3, -0.25) is 19.6 Å². The van der Waals surface area contributed by atoms with Crippen molar-refractivity contribution in [1.29, 1.82) is 0 Å². The molecule has 1 amide bonds. The number of carbonyl (C=O) groups excluding carboxylic acids is 2. The SMILES string of the molecule is COc1ccc(C)cc1/C(O)=C1\C(=O)C(=O)N(Cc2ccncc2)C1c1cccnc1. The Balaban J connectivity index is 1.90. The second-order valence-electron chi connectivity index (χ2n) is 7.27. The van der Waals surface area contributed by atoms with Gasteiger partial charge in [0.05, 0.1) is 24.3 Å². The Morgan fingerprint density at radius 2 is 1.87 bits per heavy atom. The number of amides is 1. The highest BCUT2D eigenvalue weighted by Gasteiger charge is 2.46. The average Bonchev–Trinajstić information content (AvgIpc) is 3.04. The Kier molecular flexibility index (Phi) is 5.49. The van der Waals surface area contributed by atoms with E-state index in [2.05, 4.69) is 9.97 Å². The van der Waals surface area contributed by atoms with Crippen LogP contribution >= 0.6 is 0 Å². The highest BCUT2D eigenvalue weighted by atomic mass is 16.5. The molecule has 1 unspecified atom stereocenters. The minimum Gasteiger partial charge on any atom is -0.507 e. The predicted molar refractivity (Wildman–Crippen MR) is 114 cm³/mol. The zero-order chi connectivity index (χ0) is 22.0. The summed E-state index contributed by atoms with van der Waals surface area (Å²) in [4.78, 5) is 35.7. The summed E-state index contributed by atoms with van der Waals surface area (Å²) in [7, 11) is 1.49. The lowest BCUT2D eigenvalue weighted by Crippen LogP contribution is -2.29. The number of hydrogen-bond donors (Lipinski definition) is 1. The van der Waals surface area contributed by atoms with Crippen LogP contribution in [0.4, 0.5) is 0 Å². The lowest BCUT2D eigenvalue weighted by molar-refractivity contribution is -0.140. The van der Waals surface area contributed by atoms with Crippen molar-refractivity contribution in [3.63, 3.8) is 0 Å². The molecule has 4 rings (SSSR count). The third-order valence-electron chi connectivity index (χ3n) is 5.25. The van der Waals surface area contributed by atoms with Gasteiger partial charge in [0.2, 0.25) is 0 Å². The van der Waals surface area contributed by atoms with Crippen molar-refractivity contribution < 1.29 is 19.4 Å². The molecule has 7 nitrogen and oxygen atoms in total. The van der Waals surface area contributed by atoms with Crippen LogP contribution in [-0.4, -0.2) is 38.8 Å². The minimum absolute atomic E-state index is 0.0101. The number of benzene rings is 1. The van der Waals surface area contributed by atoms with Gasteiger partial charge in [0.15, 0.2) is 0 Å². The minimum atomic E-state index is -0.785. The molecular weight excluding hydrogens is 394 g/mol. The maximum atomic E-state index is 13.1. The van der Waals surface area contributed by atoms with Crippen LogP contribution in [0.25, 0.3) is 5.76 Å². The smallest absolute Gasteiger partial charge is 0.295 e. The molecule has 0 spiro atoms. The number of ketones is 1. The lowest BCUT2D eigenvalue weighted by Gasteiger charge is -2.25. The fraction of sp³-hybridized carbons (Fsp3) is 0.167. The van der Waals surface area contributed by atoms with Gasteiger partial charge in [0, 0.05) is 31.3 Å². The first-order chi connectivity index (χ1) is 15.0. The Hall–Kier alpha value is -4.00. The molecule has 1 N–H and O–H groups in total. The number of methoxy groups -OCH3 is 1. The molecule has 1 aliphatic heterocycles. The van der Waals surface area contributed by atoms with E-state index in [1.807, 2.05) is 13.0 Å². The van der Waals surface area contributed by atoms with Crippen LogP contribution in [0.2, 0.25) is 0 Å². The maximum absolute atomic E-state index is 13.1. The van der Waals surface area contributed by atoms with E-state index in [1.54, 1.807) is 61.2 Å². The van der Waals surface area contributed by atoms with Crippen LogP contribution in [-0.2, 0) is 16.1 Å². The Labute approximate surface area is 179 Å². The van der Waals surface area contributed by atoms with E-state index in [1.165, 1.54) is 12.0 Å². The van der Waals surface area contributed by atoms with Gasteiger partial charge in [-0.2, -0.15) is 0 Å². The second kappa shape index (κ2) is 8.39. The van der Waals surface area contributed by atoms with Gasteiger partial charge in [-0.15, -0.1) is 0 Å². The predicted octanol–water partition coefficient (Wildman–Crippen LogP) is 3.42. The van der Waals surface area contributed by atoms with E-state index in [-0.39, 0.29) is 17.9 Å². The van der Waals surface area contributed by atoms with Gasteiger partial charge < -0.3 is 14.7 Å². The lowest BCUT2D eigenvalue weighted by atomic mass is 9.95. The van der Waals surface area contributed by atoms with Crippen LogP contribution in [0.5, 0.6) is 5.75 Å². The number of Topliss-reactive ketones (excluding diaryl/α,β-unsaturated/α-hetero) is 1. The van der Waals surface area contributed by atoms with Crippen molar-refractivity contribution >= 4 is 17.4 Å². The molecule has 0 saturated carbocycles. The van der Waals surface area contributed by atoms with Crippen LogP contribution in [0, 0.1) is 6.92 Å². The van der Waals surface area contributed by atoms with Crippen LogP contribution in [0.3, 0.4) is 0 Å². The molecule has 2 aromatic heterocycles. The molecule has 3 aromatic rings. The molecule has 31 heavy (non-hydrogen) atoms. The normalized spacial score (nSPS) is 17.7. The fourth-order valence-electron chi connectivity index (χ4n) is 3.76. The largest absolute Gasteiger partial charge is 0.507 e. The first-order valence-electron chi connectivity index (χ1n) is 9.73. The first-order valence-corrected chi connectivity index (χ1v) is 9.73. The molecule has 3 heterocycles. The fourth-order valence-corrected chi connectivity index (χ4v) is 3.76. The molecule has 0 radical (unpaired) electrons. The Morgan fingerprint density at radius 3 is 2.55 bits per heavy atom. The zero-order valence-electron chi connectivity index (χ0n) is 17.1. The zero-order valence-corrected chi connectivity index (χ0v) is 17.1. The van der Waals surface area contributed by atoms with E-state index >= 15 is 0 Å². The molecule has 1 aliphatic rings. The molecule has 0 bridgehead atoms. The maximum Gasteiger partial charge on any atom is 0.295 e. The van der Waals surface area contributed by atoms with E-state index in [0.717, 1.165) is 11.1 Å². The summed E-state index contributed by atoms with van der Waals surface area (Å²) in [5, 5.41) is 11.2. The number of likely N-dealkylation sites (tertiary alicyclic amines) is 1. The van der Waals surface area contributed by atoms with Crippen molar-refractivity contribution in [1.82, 2.24) is 14.9 Å². The van der Waals surface area contributed by atoms with Gasteiger partial charge >= 0.3 is 0 Å². The number of aliphatic hydroxyl groups is 1. The molecule has 1 saturated heterocycles. The number of pyridine rings is 2. The third kappa shape index (κ3) is 3.77. The van der Waals surface area contributed by atoms with E-state index in [0.29, 0.717) is 16.9 Å². The Bertz CT molecular complexity index is 1160. The summed E-state index contributed by atoms with van der Waals surface area (Å²) in [6.07, 6.45) is 6.46. The number of carbonyl (C=O) groups is 2. The summed E-state index contributed by atoms with van der Waals surface area (Å²) in [5.74, 6) is -1.29. The molecule has 1 atom stereocenters. The van der Waals surface area contributed by atoms with Crippen LogP contribution < -0.4 is 4.74 Å².